The van der Waals surface area contributed by atoms with E-state index in [1.165, 1.54) is 19.1 Å². The van der Waals surface area contributed by atoms with E-state index in [4.69, 9.17) is 4.74 Å². The number of amides is 2. The van der Waals surface area contributed by atoms with Crippen molar-refractivity contribution in [3.63, 3.8) is 0 Å². The second-order valence-electron chi connectivity index (χ2n) is 9.30. The maximum absolute atomic E-state index is 12.2. The van der Waals surface area contributed by atoms with Gasteiger partial charge in [0.1, 0.15) is 24.5 Å². The number of urea groups is 1. The summed E-state index contributed by atoms with van der Waals surface area (Å²) < 4.78 is 8.12. The SMILES string of the molecule is N#Cc1c(-c2ccc(NC(=O)NC3CCC3)cc2)n(C2CCC2)c2cc(Oc3ncncn3)ccc12. The van der Waals surface area contributed by atoms with Gasteiger partial charge in [-0.25, -0.2) is 9.78 Å². The first-order chi connectivity index (χ1) is 17.7. The third-order valence-electron chi connectivity index (χ3n) is 7.06. The molecule has 4 aromatic rings. The molecular weight excluding hydrogens is 454 g/mol. The summed E-state index contributed by atoms with van der Waals surface area (Å²) in [6.07, 6.45) is 9.29. The van der Waals surface area contributed by atoms with Crippen LogP contribution in [0.25, 0.3) is 22.2 Å². The second-order valence-corrected chi connectivity index (χ2v) is 9.30. The van der Waals surface area contributed by atoms with Crippen molar-refractivity contribution < 1.29 is 9.53 Å². The van der Waals surface area contributed by atoms with E-state index >= 15 is 0 Å². The average molecular weight is 480 g/mol. The first kappa shape index (κ1) is 22.0. The highest BCUT2D eigenvalue weighted by Gasteiger charge is 2.28. The van der Waals surface area contributed by atoms with Crippen LogP contribution >= 0.6 is 0 Å². The molecule has 2 amide bonds. The van der Waals surface area contributed by atoms with Gasteiger partial charge in [-0.15, -0.1) is 0 Å². The van der Waals surface area contributed by atoms with Crippen molar-refractivity contribution in [2.24, 2.45) is 0 Å². The van der Waals surface area contributed by atoms with Crippen molar-refractivity contribution >= 4 is 22.6 Å². The van der Waals surface area contributed by atoms with E-state index in [1.54, 1.807) is 0 Å². The monoisotopic (exact) mass is 479 g/mol. The van der Waals surface area contributed by atoms with Crippen LogP contribution in [-0.2, 0) is 0 Å². The number of ether oxygens (including phenoxy) is 1. The van der Waals surface area contributed by atoms with E-state index in [1.807, 2.05) is 42.5 Å². The summed E-state index contributed by atoms with van der Waals surface area (Å²) in [7, 11) is 0. The zero-order chi connectivity index (χ0) is 24.5. The van der Waals surface area contributed by atoms with Gasteiger partial charge in [-0.2, -0.15) is 15.2 Å². The number of nitrogens with zero attached hydrogens (tertiary/aromatic N) is 5. The molecule has 0 unspecified atom stereocenters. The first-order valence-electron chi connectivity index (χ1n) is 12.3. The van der Waals surface area contributed by atoms with Gasteiger partial charge >= 0.3 is 12.0 Å². The predicted octanol–water partition coefficient (Wildman–Crippen LogP) is 5.56. The summed E-state index contributed by atoms with van der Waals surface area (Å²) in [5, 5.41) is 16.9. The summed E-state index contributed by atoms with van der Waals surface area (Å²) >= 11 is 0. The Labute approximate surface area is 208 Å². The number of benzene rings is 2. The minimum atomic E-state index is -0.181. The highest BCUT2D eigenvalue weighted by atomic mass is 16.5. The van der Waals surface area contributed by atoms with Crippen LogP contribution < -0.4 is 15.4 Å². The van der Waals surface area contributed by atoms with Gasteiger partial charge in [0.25, 0.3) is 0 Å². The number of fused-ring (bicyclic) bond motifs is 1. The van der Waals surface area contributed by atoms with Gasteiger partial charge in [0, 0.05) is 29.2 Å². The summed E-state index contributed by atoms with van der Waals surface area (Å²) in [4.78, 5) is 24.2. The highest BCUT2D eigenvalue weighted by molar-refractivity contribution is 5.96. The number of anilines is 1. The molecule has 2 aliphatic rings. The lowest BCUT2D eigenvalue weighted by atomic mass is 9.92. The summed E-state index contributed by atoms with van der Waals surface area (Å²) in [5.74, 6) is 0.597. The van der Waals surface area contributed by atoms with Crippen LogP contribution in [0.2, 0.25) is 0 Å². The number of nitriles is 1. The van der Waals surface area contributed by atoms with Crippen LogP contribution in [0, 0.1) is 11.3 Å². The van der Waals surface area contributed by atoms with Crippen molar-refractivity contribution in [3.05, 3.63) is 60.7 Å². The van der Waals surface area contributed by atoms with Crippen LogP contribution in [-0.4, -0.2) is 31.6 Å². The lowest BCUT2D eigenvalue weighted by Gasteiger charge is -2.30. The Bertz CT molecular complexity index is 1450. The molecule has 2 aromatic heterocycles. The normalized spacial score (nSPS) is 15.5. The maximum atomic E-state index is 12.2. The van der Waals surface area contributed by atoms with Crippen LogP contribution in [0.4, 0.5) is 10.5 Å². The average Bonchev–Trinajstić information content (AvgIpc) is 3.15. The van der Waals surface area contributed by atoms with E-state index in [0.717, 1.165) is 54.3 Å². The molecule has 0 radical (unpaired) electrons. The van der Waals surface area contributed by atoms with Crippen LogP contribution in [0.15, 0.2) is 55.1 Å². The Hall–Kier alpha value is -4.45. The molecule has 0 aliphatic heterocycles. The zero-order valence-corrected chi connectivity index (χ0v) is 19.6. The highest BCUT2D eigenvalue weighted by Crippen LogP contribution is 2.43. The summed E-state index contributed by atoms with van der Waals surface area (Å²) in [6.45, 7) is 0. The molecule has 6 rings (SSSR count). The molecule has 2 aliphatic carbocycles. The van der Waals surface area contributed by atoms with Crippen molar-refractivity contribution in [2.75, 3.05) is 5.32 Å². The smallest absolute Gasteiger partial charge is 0.324 e. The Morgan fingerprint density at radius 2 is 1.78 bits per heavy atom. The van der Waals surface area contributed by atoms with Crippen molar-refractivity contribution in [3.8, 4) is 29.1 Å². The fraction of sp³-hybridized carbons (Fsp3) is 0.296. The third-order valence-corrected chi connectivity index (χ3v) is 7.06. The van der Waals surface area contributed by atoms with E-state index in [0.29, 0.717) is 23.0 Å². The molecule has 0 saturated heterocycles. The topological polar surface area (TPSA) is 118 Å². The number of hydrogen-bond acceptors (Lipinski definition) is 6. The van der Waals surface area contributed by atoms with Gasteiger partial charge in [0.2, 0.25) is 0 Å². The Morgan fingerprint density at radius 1 is 1.03 bits per heavy atom. The van der Waals surface area contributed by atoms with Crippen molar-refractivity contribution in [1.82, 2.24) is 24.8 Å². The molecule has 9 nitrogen and oxygen atoms in total. The van der Waals surface area contributed by atoms with Gasteiger partial charge in [-0.05, 0) is 68.4 Å². The van der Waals surface area contributed by atoms with Crippen molar-refractivity contribution in [1.29, 1.82) is 5.26 Å². The number of carbonyl (C=O) groups excluding carboxylic acids is 1. The molecular formula is C27H25N7O2. The summed E-state index contributed by atoms with van der Waals surface area (Å²) in [6, 6.07) is 16.5. The quantitative estimate of drug-likeness (QED) is 0.374. The maximum Gasteiger partial charge on any atom is 0.324 e. The van der Waals surface area contributed by atoms with Gasteiger partial charge < -0.3 is 19.9 Å². The molecule has 2 saturated carbocycles. The van der Waals surface area contributed by atoms with Gasteiger partial charge in [0.15, 0.2) is 0 Å². The molecule has 0 spiro atoms. The number of hydrogen-bond donors (Lipinski definition) is 2. The Morgan fingerprint density at radius 3 is 2.42 bits per heavy atom. The van der Waals surface area contributed by atoms with Crippen LogP contribution in [0.3, 0.4) is 0 Å². The zero-order valence-electron chi connectivity index (χ0n) is 19.6. The molecule has 36 heavy (non-hydrogen) atoms. The number of nitrogens with one attached hydrogen (secondary N) is 2. The minimum absolute atomic E-state index is 0.181. The van der Waals surface area contributed by atoms with E-state index in [9.17, 15) is 10.1 Å². The fourth-order valence-corrected chi connectivity index (χ4v) is 4.78. The number of rotatable bonds is 6. The molecule has 0 atom stereocenters. The molecule has 9 heteroatoms. The number of aromatic nitrogens is 4. The van der Waals surface area contributed by atoms with Gasteiger partial charge in [0.05, 0.1) is 16.8 Å². The Kier molecular flexibility index (Phi) is 5.70. The third kappa shape index (κ3) is 4.11. The molecule has 2 N–H and O–H groups in total. The van der Waals surface area contributed by atoms with E-state index in [-0.39, 0.29) is 18.1 Å². The second kappa shape index (κ2) is 9.30. The van der Waals surface area contributed by atoms with Crippen LogP contribution in [0.5, 0.6) is 11.8 Å². The molecule has 0 bridgehead atoms. The van der Waals surface area contributed by atoms with Crippen LogP contribution in [0.1, 0.15) is 50.1 Å². The minimum Gasteiger partial charge on any atom is -0.424 e. The Balaban J connectivity index is 1.36. The van der Waals surface area contributed by atoms with Gasteiger partial charge in [-0.3, -0.25) is 0 Å². The van der Waals surface area contributed by atoms with E-state index in [2.05, 4.69) is 36.2 Å². The summed E-state index contributed by atoms with van der Waals surface area (Å²) in [5.41, 5.74) is 4.11. The fourth-order valence-electron chi connectivity index (χ4n) is 4.78. The van der Waals surface area contributed by atoms with E-state index < -0.39 is 0 Å². The predicted molar refractivity (Wildman–Crippen MR) is 135 cm³/mol. The van der Waals surface area contributed by atoms with Gasteiger partial charge in [-0.1, -0.05) is 12.1 Å². The molecule has 2 heterocycles. The molecule has 180 valence electrons. The standard InChI is InChI=1S/C27H25N7O2/c28-14-23-22-12-11-21(36-27-30-15-29-16-31-27)13-24(22)34(20-5-2-6-20)25(23)17-7-9-19(10-8-17)33-26(35)32-18-3-1-4-18/h7-13,15-16,18,20H,1-6H2,(H2,32,33,35). The van der Waals surface area contributed by atoms with Crippen molar-refractivity contribution in [2.45, 2.75) is 50.6 Å². The first-order valence-corrected chi connectivity index (χ1v) is 12.3. The largest absolute Gasteiger partial charge is 0.424 e. The lowest BCUT2D eigenvalue weighted by Crippen LogP contribution is -2.41. The molecule has 2 aromatic carbocycles. The molecule has 2 fully saturated rings. The lowest BCUT2D eigenvalue weighted by molar-refractivity contribution is 0.240. The number of carbonyl (C=O) groups is 1.